The number of aryl methyl sites for hydroxylation is 2. The van der Waals surface area contributed by atoms with E-state index in [0.29, 0.717) is 5.17 Å². The van der Waals surface area contributed by atoms with Crippen LogP contribution in [0.1, 0.15) is 16.7 Å². The van der Waals surface area contributed by atoms with Gasteiger partial charge in [-0.05, 0) is 44.4 Å². The molecule has 0 spiro atoms. The summed E-state index contributed by atoms with van der Waals surface area (Å²) in [6, 6.07) is 26.5. The van der Waals surface area contributed by atoms with Crippen LogP contribution in [0.4, 0.5) is 11.4 Å². The highest BCUT2D eigenvalue weighted by Gasteiger charge is 2.06. The lowest BCUT2D eigenvalue weighted by molar-refractivity contribution is 1.42. The van der Waals surface area contributed by atoms with E-state index in [2.05, 4.69) is 55.6 Å². The molecule has 0 unspecified atom stereocenters. The van der Waals surface area contributed by atoms with Gasteiger partial charge >= 0.3 is 0 Å². The molecular weight excluding hydrogens is 350 g/mol. The lowest BCUT2D eigenvalue weighted by Gasteiger charge is -2.11. The zero-order valence-corrected chi connectivity index (χ0v) is 16.6. The molecule has 27 heavy (non-hydrogen) atoms. The van der Waals surface area contributed by atoms with Crippen molar-refractivity contribution in [3.63, 3.8) is 0 Å². The Morgan fingerprint density at radius 1 is 0.778 bits per heavy atom. The normalized spacial score (nSPS) is 12.1. The minimum absolute atomic E-state index is 0.706. The number of aliphatic imine (C=N–C) groups is 2. The summed E-state index contributed by atoms with van der Waals surface area (Å²) < 4.78 is 0. The van der Waals surface area contributed by atoms with Gasteiger partial charge in [0.25, 0.3) is 0 Å². The molecule has 0 radical (unpaired) electrons. The van der Waals surface area contributed by atoms with E-state index < -0.39 is 0 Å². The second kappa shape index (κ2) is 9.19. The molecule has 0 aliphatic carbocycles. The average Bonchev–Trinajstić information content (AvgIpc) is 2.70. The molecule has 0 atom stereocenters. The molecule has 3 aromatic carbocycles. The smallest absolute Gasteiger partial charge is 0.189 e. The molecule has 0 fully saturated rings. The molecule has 3 rings (SSSR count). The summed E-state index contributed by atoms with van der Waals surface area (Å²) >= 11 is 1.53. The molecule has 0 aliphatic heterocycles. The highest BCUT2D eigenvalue weighted by molar-refractivity contribution is 8.13. The van der Waals surface area contributed by atoms with Crippen LogP contribution in [0.25, 0.3) is 0 Å². The number of thioether (sulfide) groups is 1. The molecule has 136 valence electrons. The number of hydrogen-bond acceptors (Lipinski definition) is 2. The van der Waals surface area contributed by atoms with Crippen LogP contribution in [-0.4, -0.2) is 17.3 Å². The third-order valence-electron chi connectivity index (χ3n) is 4.01. The predicted molar refractivity (Wildman–Crippen MR) is 120 cm³/mol. The molecule has 4 heteroatoms. The molecule has 0 bridgehead atoms. The monoisotopic (exact) mass is 373 g/mol. The zero-order valence-electron chi connectivity index (χ0n) is 15.8. The van der Waals surface area contributed by atoms with Crippen molar-refractivity contribution >= 4 is 34.1 Å². The second-order valence-electron chi connectivity index (χ2n) is 6.25. The molecule has 1 N–H and O–H groups in total. The highest BCUT2D eigenvalue weighted by atomic mass is 32.2. The van der Waals surface area contributed by atoms with E-state index in [4.69, 9.17) is 9.98 Å². The maximum Gasteiger partial charge on any atom is 0.189 e. The third kappa shape index (κ3) is 5.56. The Morgan fingerprint density at radius 2 is 1.37 bits per heavy atom. The zero-order chi connectivity index (χ0) is 19.1. The molecule has 3 aromatic rings. The van der Waals surface area contributed by atoms with Crippen LogP contribution >= 0.6 is 11.8 Å². The summed E-state index contributed by atoms with van der Waals surface area (Å²) in [4.78, 5) is 9.51. The Kier molecular flexibility index (Phi) is 6.44. The van der Waals surface area contributed by atoms with E-state index in [-0.39, 0.29) is 0 Å². The minimum Gasteiger partial charge on any atom is -0.340 e. The van der Waals surface area contributed by atoms with Crippen LogP contribution in [0.3, 0.4) is 0 Å². The van der Waals surface area contributed by atoms with Crippen molar-refractivity contribution in [2.75, 3.05) is 11.6 Å². The first-order valence-corrected chi connectivity index (χ1v) is 10.0. The fourth-order valence-electron chi connectivity index (χ4n) is 2.48. The number of rotatable bonds is 3. The Balaban J connectivity index is 1.96. The van der Waals surface area contributed by atoms with E-state index in [0.717, 1.165) is 22.8 Å². The van der Waals surface area contributed by atoms with Gasteiger partial charge in [0.1, 0.15) is 5.84 Å². The maximum absolute atomic E-state index is 4.82. The van der Waals surface area contributed by atoms with Gasteiger partial charge in [0, 0.05) is 11.3 Å². The first-order chi connectivity index (χ1) is 13.1. The van der Waals surface area contributed by atoms with Crippen molar-refractivity contribution < 1.29 is 0 Å². The average molecular weight is 374 g/mol. The first-order valence-electron chi connectivity index (χ1n) is 8.81. The highest BCUT2D eigenvalue weighted by Crippen LogP contribution is 2.18. The number of amidine groups is 2. The van der Waals surface area contributed by atoms with Gasteiger partial charge in [-0.2, -0.15) is 0 Å². The van der Waals surface area contributed by atoms with E-state index in [9.17, 15) is 0 Å². The topological polar surface area (TPSA) is 36.8 Å². The van der Waals surface area contributed by atoms with Gasteiger partial charge < -0.3 is 5.32 Å². The Hall–Kier alpha value is -2.85. The largest absolute Gasteiger partial charge is 0.340 e. The van der Waals surface area contributed by atoms with Gasteiger partial charge in [-0.15, -0.1) is 0 Å². The summed E-state index contributed by atoms with van der Waals surface area (Å²) in [5.41, 5.74) is 5.36. The Morgan fingerprint density at radius 3 is 1.96 bits per heavy atom. The van der Waals surface area contributed by atoms with Gasteiger partial charge in [0.05, 0.1) is 5.69 Å². The predicted octanol–water partition coefficient (Wildman–Crippen LogP) is 6.21. The number of hydrogen-bond donors (Lipinski definition) is 1. The van der Waals surface area contributed by atoms with Gasteiger partial charge in [-0.1, -0.05) is 77.5 Å². The van der Waals surface area contributed by atoms with Crippen LogP contribution < -0.4 is 5.32 Å². The van der Waals surface area contributed by atoms with Gasteiger partial charge in [0.15, 0.2) is 5.17 Å². The van der Waals surface area contributed by atoms with Gasteiger partial charge in [0.2, 0.25) is 0 Å². The molecule has 0 saturated heterocycles. The van der Waals surface area contributed by atoms with Crippen LogP contribution in [0, 0.1) is 13.8 Å². The van der Waals surface area contributed by atoms with Crippen molar-refractivity contribution in [3.05, 3.63) is 95.6 Å². The summed E-state index contributed by atoms with van der Waals surface area (Å²) in [6.07, 6.45) is 1.99. The van der Waals surface area contributed by atoms with Crippen LogP contribution in [0.5, 0.6) is 0 Å². The Labute approximate surface area is 165 Å². The quantitative estimate of drug-likeness (QED) is 0.437. The molecule has 0 saturated carbocycles. The number of nitrogens with one attached hydrogen (secondary N) is 1. The summed E-state index contributed by atoms with van der Waals surface area (Å²) in [7, 11) is 0. The van der Waals surface area contributed by atoms with Crippen molar-refractivity contribution in [2.24, 2.45) is 9.98 Å². The summed E-state index contributed by atoms with van der Waals surface area (Å²) in [5.74, 6) is 0.777. The summed E-state index contributed by atoms with van der Waals surface area (Å²) in [6.45, 7) is 4.15. The van der Waals surface area contributed by atoms with Crippen molar-refractivity contribution in [3.8, 4) is 0 Å². The molecule has 0 amide bonds. The second-order valence-corrected chi connectivity index (χ2v) is 7.02. The standard InChI is InChI=1S/C23H23N3S/c1-17-9-13-20(14-10-17)24-22(19-7-5-4-6-8-19)26-23(27-3)25-21-15-11-18(2)12-16-21/h4-16H,1-3H3,(H,24,25,26). The van der Waals surface area contributed by atoms with Crippen LogP contribution in [0.15, 0.2) is 88.8 Å². The van der Waals surface area contributed by atoms with Crippen molar-refractivity contribution in [1.82, 2.24) is 0 Å². The van der Waals surface area contributed by atoms with E-state index in [1.165, 1.54) is 22.9 Å². The van der Waals surface area contributed by atoms with Crippen molar-refractivity contribution in [1.29, 1.82) is 0 Å². The van der Waals surface area contributed by atoms with Gasteiger partial charge in [-0.25, -0.2) is 9.98 Å². The SMILES string of the molecule is CSC(=Nc1ccc(C)cc1)/N=C(\Nc1ccc(C)cc1)c1ccccc1. The number of benzene rings is 3. The first kappa shape index (κ1) is 18.9. The van der Waals surface area contributed by atoms with Crippen LogP contribution in [0.2, 0.25) is 0 Å². The fourth-order valence-corrected chi connectivity index (χ4v) is 2.86. The van der Waals surface area contributed by atoms with Crippen molar-refractivity contribution in [2.45, 2.75) is 13.8 Å². The van der Waals surface area contributed by atoms with Gasteiger partial charge in [-0.3, -0.25) is 0 Å². The number of nitrogens with zero attached hydrogens (tertiary/aromatic N) is 2. The molecule has 0 aliphatic rings. The molecule has 0 heterocycles. The summed E-state index contributed by atoms with van der Waals surface area (Å²) in [5, 5.41) is 4.14. The molecule has 0 aromatic heterocycles. The minimum atomic E-state index is 0.706. The Bertz CT molecular complexity index is 928. The lowest BCUT2D eigenvalue weighted by atomic mass is 10.2. The van der Waals surface area contributed by atoms with E-state index >= 15 is 0 Å². The molecular formula is C23H23N3S. The van der Waals surface area contributed by atoms with Crippen LogP contribution in [-0.2, 0) is 0 Å². The molecule has 3 nitrogen and oxygen atoms in total. The maximum atomic E-state index is 4.82. The third-order valence-corrected chi connectivity index (χ3v) is 4.56. The lowest BCUT2D eigenvalue weighted by Crippen LogP contribution is -2.15. The number of anilines is 1. The van der Waals surface area contributed by atoms with E-state index in [1.54, 1.807) is 0 Å². The van der Waals surface area contributed by atoms with E-state index in [1.807, 2.05) is 48.7 Å². The fraction of sp³-hybridized carbons (Fsp3) is 0.130.